The van der Waals surface area contributed by atoms with Gasteiger partial charge in [0.15, 0.2) is 11.5 Å². The van der Waals surface area contributed by atoms with Gasteiger partial charge in [0, 0.05) is 25.1 Å². The number of rotatable bonds is 4. The van der Waals surface area contributed by atoms with Crippen LogP contribution in [-0.4, -0.2) is 49.1 Å². The van der Waals surface area contributed by atoms with Crippen LogP contribution in [0.15, 0.2) is 36.4 Å². The molecule has 1 saturated carbocycles. The first-order valence-electron chi connectivity index (χ1n) is 11.6. The van der Waals surface area contributed by atoms with Crippen molar-refractivity contribution in [3.63, 3.8) is 0 Å². The van der Waals surface area contributed by atoms with Gasteiger partial charge in [-0.2, -0.15) is 0 Å². The van der Waals surface area contributed by atoms with Crippen molar-refractivity contribution in [2.75, 3.05) is 26.3 Å². The van der Waals surface area contributed by atoms with Crippen LogP contribution in [0.1, 0.15) is 51.6 Å². The minimum absolute atomic E-state index is 0.00400. The molecule has 6 heteroatoms. The maximum atomic E-state index is 13.5. The first-order valence-corrected chi connectivity index (χ1v) is 11.6. The van der Waals surface area contributed by atoms with Crippen molar-refractivity contribution in [3.05, 3.63) is 58.7 Å². The van der Waals surface area contributed by atoms with E-state index in [1.54, 1.807) is 18.2 Å². The lowest BCUT2D eigenvalue weighted by Gasteiger charge is -2.28. The Morgan fingerprint density at radius 2 is 2.00 bits per heavy atom. The number of carbonyl (C=O) groups is 2. The Balaban J connectivity index is 1.33. The molecule has 2 amide bonds. The molecular weight excluding hydrogens is 416 g/mol. The summed E-state index contributed by atoms with van der Waals surface area (Å²) < 4.78 is 11.3. The van der Waals surface area contributed by atoms with E-state index in [9.17, 15) is 9.59 Å². The Labute approximate surface area is 194 Å². The Kier molecular flexibility index (Phi) is 5.72. The molecule has 2 heterocycles. The number of benzene rings is 2. The fourth-order valence-electron chi connectivity index (χ4n) is 4.90. The highest BCUT2D eigenvalue weighted by Crippen LogP contribution is 2.49. The minimum Gasteiger partial charge on any atom is -0.486 e. The van der Waals surface area contributed by atoms with Gasteiger partial charge in [-0.25, -0.2) is 0 Å². The quantitative estimate of drug-likeness (QED) is 0.734. The zero-order chi connectivity index (χ0) is 22.9. The van der Waals surface area contributed by atoms with E-state index in [-0.39, 0.29) is 17.9 Å². The van der Waals surface area contributed by atoms with Crippen LogP contribution in [0.3, 0.4) is 0 Å². The summed E-state index contributed by atoms with van der Waals surface area (Å²) >= 11 is 0. The summed E-state index contributed by atoms with van der Waals surface area (Å²) in [5, 5.41) is 3.05. The molecule has 1 aliphatic carbocycles. The van der Waals surface area contributed by atoms with Crippen molar-refractivity contribution < 1.29 is 19.1 Å². The summed E-state index contributed by atoms with van der Waals surface area (Å²) in [5.41, 5.74) is 2.96. The molecule has 0 bridgehead atoms. The summed E-state index contributed by atoms with van der Waals surface area (Å²) in [4.78, 5) is 28.4. The van der Waals surface area contributed by atoms with E-state index < -0.39 is 0 Å². The highest BCUT2D eigenvalue weighted by atomic mass is 16.6. The molecule has 2 aromatic carbocycles. The van der Waals surface area contributed by atoms with Crippen LogP contribution in [0.5, 0.6) is 11.5 Å². The topological polar surface area (TPSA) is 67.9 Å². The van der Waals surface area contributed by atoms with Crippen LogP contribution >= 0.6 is 0 Å². The lowest BCUT2D eigenvalue weighted by atomic mass is 10.0. The van der Waals surface area contributed by atoms with E-state index in [1.807, 2.05) is 36.9 Å². The predicted molar refractivity (Wildman–Crippen MR) is 125 cm³/mol. The number of fused-ring (bicyclic) bond motifs is 2. The Morgan fingerprint density at radius 3 is 2.85 bits per heavy atom. The van der Waals surface area contributed by atoms with Crippen LogP contribution in [0.25, 0.3) is 0 Å². The van der Waals surface area contributed by atoms with Gasteiger partial charge in [-0.1, -0.05) is 30.9 Å². The number of carbonyl (C=O) groups excluding carboxylic acids is 2. The summed E-state index contributed by atoms with van der Waals surface area (Å²) in [6, 6.07) is 11.1. The van der Waals surface area contributed by atoms with E-state index in [4.69, 9.17) is 9.47 Å². The number of likely N-dealkylation sites (tertiary alicyclic amines) is 1. The van der Waals surface area contributed by atoms with Crippen molar-refractivity contribution in [1.29, 1.82) is 0 Å². The zero-order valence-corrected chi connectivity index (χ0v) is 19.0. The van der Waals surface area contributed by atoms with Crippen LogP contribution in [0, 0.1) is 30.6 Å². The lowest BCUT2D eigenvalue weighted by molar-refractivity contribution is 0.0694. The molecule has 2 aliphatic heterocycles. The number of ether oxygens (including phenoxy) is 2. The number of hydrogen-bond acceptors (Lipinski definition) is 4. The van der Waals surface area contributed by atoms with Crippen molar-refractivity contribution in [1.82, 2.24) is 10.2 Å². The molecule has 0 radical (unpaired) electrons. The van der Waals surface area contributed by atoms with E-state index in [0.29, 0.717) is 54.2 Å². The molecule has 170 valence electrons. The fourth-order valence-corrected chi connectivity index (χ4v) is 4.90. The second-order valence-corrected chi connectivity index (χ2v) is 8.93. The Bertz CT molecular complexity index is 1160. The average molecular weight is 445 g/mol. The summed E-state index contributed by atoms with van der Waals surface area (Å²) in [6.07, 6.45) is 1.85. The molecule has 0 spiro atoms. The molecule has 33 heavy (non-hydrogen) atoms. The summed E-state index contributed by atoms with van der Waals surface area (Å²) in [6.45, 7) is 6.05. The van der Waals surface area contributed by atoms with Crippen LogP contribution < -0.4 is 14.8 Å². The van der Waals surface area contributed by atoms with Crippen LogP contribution in [-0.2, 0) is 0 Å². The van der Waals surface area contributed by atoms with Crippen LogP contribution in [0.4, 0.5) is 0 Å². The number of para-hydroxylation sites is 1. The third-order valence-electron chi connectivity index (χ3n) is 6.65. The molecule has 1 saturated heterocycles. The predicted octanol–water partition coefficient (Wildman–Crippen LogP) is 3.42. The number of aryl methyl sites for hydroxylation is 1. The second kappa shape index (κ2) is 8.82. The molecule has 3 atom stereocenters. The van der Waals surface area contributed by atoms with Gasteiger partial charge in [0.25, 0.3) is 11.8 Å². The van der Waals surface area contributed by atoms with E-state index >= 15 is 0 Å². The fraction of sp³-hybridized carbons (Fsp3) is 0.407. The maximum Gasteiger partial charge on any atom is 0.255 e. The van der Waals surface area contributed by atoms with Gasteiger partial charge in [0.1, 0.15) is 13.2 Å². The lowest BCUT2D eigenvalue weighted by Crippen LogP contribution is -2.45. The van der Waals surface area contributed by atoms with Crippen molar-refractivity contribution in [2.24, 2.45) is 11.8 Å². The first kappa shape index (κ1) is 21.4. The van der Waals surface area contributed by atoms with Gasteiger partial charge in [0.05, 0.1) is 17.2 Å². The smallest absolute Gasteiger partial charge is 0.255 e. The van der Waals surface area contributed by atoms with Gasteiger partial charge in [-0.3, -0.25) is 9.59 Å². The first-order chi connectivity index (χ1) is 16.1. The van der Waals surface area contributed by atoms with E-state index in [1.165, 1.54) is 0 Å². The SMILES string of the molecule is CCC#Cc1cc(C)ccc1C(=O)N1C[C@H]2C[C@H]2[C@H]1CNC(=O)c1cccc2c1OCCO2. The zero-order valence-electron chi connectivity index (χ0n) is 19.0. The summed E-state index contributed by atoms with van der Waals surface area (Å²) in [5.74, 6) is 8.07. The number of amides is 2. The number of nitrogens with zero attached hydrogens (tertiary/aromatic N) is 1. The molecule has 0 aromatic heterocycles. The third-order valence-corrected chi connectivity index (χ3v) is 6.65. The monoisotopic (exact) mass is 444 g/mol. The molecule has 3 aliphatic rings. The molecule has 2 aromatic rings. The van der Waals surface area contributed by atoms with Gasteiger partial charge in [-0.15, -0.1) is 0 Å². The van der Waals surface area contributed by atoms with E-state index in [2.05, 4.69) is 17.2 Å². The van der Waals surface area contributed by atoms with Gasteiger partial charge in [-0.05, 0) is 55.0 Å². The van der Waals surface area contributed by atoms with E-state index in [0.717, 1.165) is 30.5 Å². The van der Waals surface area contributed by atoms with Crippen molar-refractivity contribution in [2.45, 2.75) is 32.7 Å². The third kappa shape index (κ3) is 4.16. The Morgan fingerprint density at radius 1 is 1.15 bits per heavy atom. The molecule has 5 rings (SSSR count). The average Bonchev–Trinajstić information content (AvgIpc) is 3.52. The largest absolute Gasteiger partial charge is 0.486 e. The highest BCUT2D eigenvalue weighted by molar-refractivity contribution is 5.99. The molecule has 2 fully saturated rings. The normalized spacial score (nSPS) is 22.1. The highest BCUT2D eigenvalue weighted by Gasteiger charge is 2.54. The molecule has 1 N–H and O–H groups in total. The molecular formula is C27H28N2O4. The van der Waals surface area contributed by atoms with Gasteiger partial charge < -0.3 is 19.7 Å². The number of nitrogens with one attached hydrogen (secondary N) is 1. The van der Waals surface area contributed by atoms with Gasteiger partial charge >= 0.3 is 0 Å². The second-order valence-electron chi connectivity index (χ2n) is 8.93. The van der Waals surface area contributed by atoms with Crippen molar-refractivity contribution in [3.8, 4) is 23.3 Å². The number of piperidine rings is 1. The minimum atomic E-state index is -0.210. The maximum absolute atomic E-state index is 13.5. The Hall–Kier alpha value is -3.46. The molecule has 0 unspecified atom stereocenters. The van der Waals surface area contributed by atoms with Gasteiger partial charge in [0.2, 0.25) is 0 Å². The number of hydrogen-bond donors (Lipinski definition) is 1. The molecule has 6 nitrogen and oxygen atoms in total. The summed E-state index contributed by atoms with van der Waals surface area (Å²) in [7, 11) is 0. The standard InChI is InChI=1S/C27H28N2O4/c1-3-4-6-18-13-17(2)9-10-20(18)27(31)29-16-19-14-22(19)23(29)15-28-26(30)21-7-5-8-24-25(21)33-12-11-32-24/h5,7-10,13,19,22-23H,3,11-12,14-16H2,1-2H3,(H,28,30)/t19-,22-,23-/m1/s1. The van der Waals surface area contributed by atoms with Crippen LogP contribution in [0.2, 0.25) is 0 Å². The van der Waals surface area contributed by atoms with Crippen molar-refractivity contribution >= 4 is 11.8 Å².